The molecule has 0 aromatic carbocycles. The number of hydrogen-bond acceptors (Lipinski definition) is 2. The molecule has 0 radical (unpaired) electrons. The second kappa shape index (κ2) is 2.79. The molecule has 0 aliphatic heterocycles. The van der Waals surface area contributed by atoms with Crippen molar-refractivity contribution in [1.82, 2.24) is 9.78 Å². The van der Waals surface area contributed by atoms with Crippen LogP contribution < -0.4 is 0 Å². The summed E-state index contributed by atoms with van der Waals surface area (Å²) < 4.78 is 2.71. The topological polar surface area (TPSA) is 17.8 Å². The Bertz CT molecular complexity index is 339. The average Bonchev–Trinajstić information content (AvgIpc) is 2.55. The number of hydrogen-bond donors (Lipinski definition) is 0. The maximum Gasteiger partial charge on any atom is 0.128 e. The minimum atomic E-state index is 0.867. The summed E-state index contributed by atoms with van der Waals surface area (Å²) >= 11 is 4.96. The van der Waals surface area contributed by atoms with Crippen LogP contribution in [0.3, 0.4) is 0 Å². The largest absolute Gasteiger partial charge is 0.230 e. The van der Waals surface area contributed by atoms with E-state index in [1.807, 2.05) is 34.5 Å². The molecule has 0 atom stereocenters. The Morgan fingerprint density at radius 2 is 2.36 bits per heavy atom. The molecular weight excluding hydrogens is 224 g/mol. The molecule has 0 saturated heterocycles. The fourth-order valence-corrected chi connectivity index (χ4v) is 1.78. The van der Waals surface area contributed by atoms with Gasteiger partial charge in [-0.25, -0.2) is 4.68 Å². The SMILES string of the molecule is Brc1ccn(-c2cccs2)n1. The summed E-state index contributed by atoms with van der Waals surface area (Å²) in [6.07, 6.45) is 1.93. The lowest BCUT2D eigenvalue weighted by Crippen LogP contribution is -1.89. The van der Waals surface area contributed by atoms with E-state index in [2.05, 4.69) is 21.0 Å². The molecule has 0 aliphatic rings. The average molecular weight is 229 g/mol. The van der Waals surface area contributed by atoms with Crippen LogP contribution in [-0.2, 0) is 0 Å². The normalized spacial score (nSPS) is 10.3. The molecule has 0 N–H and O–H groups in total. The zero-order valence-electron chi connectivity index (χ0n) is 5.57. The van der Waals surface area contributed by atoms with E-state index in [1.165, 1.54) is 0 Å². The number of aromatic nitrogens is 2. The van der Waals surface area contributed by atoms with Gasteiger partial charge in [0.05, 0.1) is 0 Å². The van der Waals surface area contributed by atoms with Gasteiger partial charge in [-0.15, -0.1) is 11.3 Å². The van der Waals surface area contributed by atoms with Crippen molar-refractivity contribution in [3.8, 4) is 5.00 Å². The molecule has 0 bridgehead atoms. The molecule has 2 nitrogen and oxygen atoms in total. The lowest BCUT2D eigenvalue weighted by molar-refractivity contribution is 0.887. The predicted octanol–water partition coefficient (Wildman–Crippen LogP) is 2.70. The zero-order valence-corrected chi connectivity index (χ0v) is 7.97. The monoisotopic (exact) mass is 228 g/mol. The van der Waals surface area contributed by atoms with Gasteiger partial charge in [-0.3, -0.25) is 0 Å². The van der Waals surface area contributed by atoms with Gasteiger partial charge in [0.15, 0.2) is 0 Å². The number of rotatable bonds is 1. The van der Waals surface area contributed by atoms with Crippen molar-refractivity contribution in [2.75, 3.05) is 0 Å². The molecule has 2 heterocycles. The van der Waals surface area contributed by atoms with E-state index in [-0.39, 0.29) is 0 Å². The fraction of sp³-hybridized carbons (Fsp3) is 0. The molecule has 2 aromatic heterocycles. The van der Waals surface area contributed by atoms with Crippen LogP contribution >= 0.6 is 27.3 Å². The molecule has 2 rings (SSSR count). The number of thiophene rings is 1. The van der Waals surface area contributed by atoms with Gasteiger partial charge in [0.2, 0.25) is 0 Å². The zero-order chi connectivity index (χ0) is 7.68. The van der Waals surface area contributed by atoms with Crippen molar-refractivity contribution >= 4 is 27.3 Å². The van der Waals surface area contributed by atoms with Crippen LogP contribution in [0.15, 0.2) is 34.4 Å². The quantitative estimate of drug-likeness (QED) is 0.735. The molecule has 0 saturated carbocycles. The van der Waals surface area contributed by atoms with Gasteiger partial charge >= 0.3 is 0 Å². The highest BCUT2D eigenvalue weighted by Gasteiger charge is 1.97. The van der Waals surface area contributed by atoms with Gasteiger partial charge in [0, 0.05) is 6.20 Å². The highest BCUT2D eigenvalue weighted by atomic mass is 79.9. The van der Waals surface area contributed by atoms with Gasteiger partial charge in [0.25, 0.3) is 0 Å². The molecule has 0 fully saturated rings. The molecule has 0 amide bonds. The van der Waals surface area contributed by atoms with E-state index >= 15 is 0 Å². The van der Waals surface area contributed by atoms with Crippen molar-refractivity contribution in [2.24, 2.45) is 0 Å². The highest BCUT2D eigenvalue weighted by molar-refractivity contribution is 9.10. The molecule has 4 heteroatoms. The van der Waals surface area contributed by atoms with E-state index in [1.54, 1.807) is 11.3 Å². The van der Waals surface area contributed by atoms with E-state index < -0.39 is 0 Å². The number of nitrogens with zero attached hydrogens (tertiary/aromatic N) is 2. The van der Waals surface area contributed by atoms with Crippen molar-refractivity contribution in [3.63, 3.8) is 0 Å². The molecule has 0 spiro atoms. The fourth-order valence-electron chi connectivity index (χ4n) is 0.825. The van der Waals surface area contributed by atoms with Gasteiger partial charge < -0.3 is 0 Å². The Hall–Kier alpha value is -0.610. The van der Waals surface area contributed by atoms with Crippen LogP contribution in [0.25, 0.3) is 5.00 Å². The summed E-state index contributed by atoms with van der Waals surface area (Å²) in [6, 6.07) is 5.96. The molecule has 56 valence electrons. The first kappa shape index (κ1) is 7.06. The van der Waals surface area contributed by atoms with Crippen LogP contribution in [-0.4, -0.2) is 9.78 Å². The van der Waals surface area contributed by atoms with E-state index in [0.29, 0.717) is 0 Å². The van der Waals surface area contributed by atoms with Crippen molar-refractivity contribution < 1.29 is 0 Å². The minimum absolute atomic E-state index is 0.867. The Morgan fingerprint density at radius 1 is 1.45 bits per heavy atom. The van der Waals surface area contributed by atoms with Gasteiger partial charge in [-0.05, 0) is 39.5 Å². The Kier molecular flexibility index (Phi) is 1.79. The van der Waals surface area contributed by atoms with Crippen molar-refractivity contribution in [1.29, 1.82) is 0 Å². The summed E-state index contributed by atoms with van der Waals surface area (Å²) in [4.78, 5) is 0. The summed E-state index contributed by atoms with van der Waals surface area (Å²) in [5.41, 5.74) is 0. The Balaban J connectivity index is 2.45. The van der Waals surface area contributed by atoms with Crippen LogP contribution in [0, 0.1) is 0 Å². The minimum Gasteiger partial charge on any atom is -0.230 e. The first-order valence-corrected chi connectivity index (χ1v) is 4.78. The Labute approximate surface area is 76.6 Å². The maximum absolute atomic E-state index is 4.20. The first-order valence-electron chi connectivity index (χ1n) is 3.11. The summed E-state index contributed by atoms with van der Waals surface area (Å²) in [6.45, 7) is 0. The van der Waals surface area contributed by atoms with Gasteiger partial charge in [0.1, 0.15) is 9.60 Å². The van der Waals surface area contributed by atoms with Crippen LogP contribution in [0.5, 0.6) is 0 Å². The lowest BCUT2D eigenvalue weighted by atomic mass is 10.6. The van der Waals surface area contributed by atoms with Crippen LogP contribution in [0.1, 0.15) is 0 Å². The first-order chi connectivity index (χ1) is 5.36. The summed E-state index contributed by atoms with van der Waals surface area (Å²) in [5, 5.41) is 7.36. The third kappa shape index (κ3) is 1.36. The van der Waals surface area contributed by atoms with Crippen molar-refractivity contribution in [2.45, 2.75) is 0 Å². The Morgan fingerprint density at radius 3 is 2.91 bits per heavy atom. The van der Waals surface area contributed by atoms with Crippen LogP contribution in [0.2, 0.25) is 0 Å². The molecule has 11 heavy (non-hydrogen) atoms. The molecular formula is C7H5BrN2S. The second-order valence-electron chi connectivity index (χ2n) is 2.03. The molecule has 0 unspecified atom stereocenters. The van der Waals surface area contributed by atoms with Crippen molar-refractivity contribution in [3.05, 3.63) is 34.4 Å². The molecule has 2 aromatic rings. The summed E-state index contributed by atoms with van der Waals surface area (Å²) in [7, 11) is 0. The predicted molar refractivity (Wildman–Crippen MR) is 49.1 cm³/mol. The number of halogens is 1. The third-order valence-electron chi connectivity index (χ3n) is 1.29. The highest BCUT2D eigenvalue weighted by Crippen LogP contribution is 2.15. The maximum atomic E-state index is 4.20. The van der Waals surface area contributed by atoms with E-state index in [9.17, 15) is 0 Å². The van der Waals surface area contributed by atoms with Crippen LogP contribution in [0.4, 0.5) is 0 Å². The summed E-state index contributed by atoms with van der Waals surface area (Å²) in [5.74, 6) is 0. The smallest absolute Gasteiger partial charge is 0.128 e. The lowest BCUT2D eigenvalue weighted by Gasteiger charge is -1.92. The molecule has 0 aliphatic carbocycles. The van der Waals surface area contributed by atoms with E-state index in [0.717, 1.165) is 9.60 Å². The van der Waals surface area contributed by atoms with Gasteiger partial charge in [-0.2, -0.15) is 5.10 Å². The standard InChI is InChI=1S/C7H5BrN2S/c8-6-3-4-10(9-6)7-2-1-5-11-7/h1-5H. The van der Waals surface area contributed by atoms with E-state index in [4.69, 9.17) is 0 Å². The third-order valence-corrected chi connectivity index (χ3v) is 2.57. The second-order valence-corrected chi connectivity index (χ2v) is 3.77. The van der Waals surface area contributed by atoms with Gasteiger partial charge in [-0.1, -0.05) is 0 Å².